The number of aromatic nitrogens is 4. The van der Waals surface area contributed by atoms with Crippen molar-refractivity contribution in [1.82, 2.24) is 19.6 Å². The summed E-state index contributed by atoms with van der Waals surface area (Å²) in [7, 11) is 0. The Balaban J connectivity index is 2.21. The Morgan fingerprint density at radius 1 is 1.26 bits per heavy atom. The number of nitrogens with zero attached hydrogens (tertiary/aromatic N) is 3. The molecule has 3 rings (SSSR count). The number of hydrogen-bond donors (Lipinski definition) is 1. The minimum Gasteiger partial charge on any atom is -0.337 e. The third-order valence-electron chi connectivity index (χ3n) is 2.78. The average Bonchev–Trinajstić information content (AvgIpc) is 2.92. The van der Waals surface area contributed by atoms with Gasteiger partial charge >= 0.3 is 0 Å². The van der Waals surface area contributed by atoms with Crippen molar-refractivity contribution in [2.45, 2.75) is 19.8 Å². The van der Waals surface area contributed by atoms with Gasteiger partial charge in [-0.15, -0.1) is 5.10 Å². The van der Waals surface area contributed by atoms with Gasteiger partial charge in [0, 0.05) is 6.07 Å². The maximum atomic E-state index is 13.6. The number of rotatable bonds is 2. The second kappa shape index (κ2) is 4.34. The zero-order valence-electron chi connectivity index (χ0n) is 10.2. The minimum atomic E-state index is -0.680. The van der Waals surface area contributed by atoms with Gasteiger partial charge in [0.1, 0.15) is 16.2 Å². The molecule has 0 aliphatic heterocycles. The van der Waals surface area contributed by atoms with Crippen LogP contribution in [0.15, 0.2) is 12.1 Å². The Bertz CT molecular complexity index is 747. The molecule has 0 saturated heterocycles. The van der Waals surface area contributed by atoms with Crippen molar-refractivity contribution in [1.29, 1.82) is 0 Å². The normalized spacial score (nSPS) is 11.6. The van der Waals surface area contributed by atoms with Gasteiger partial charge in [-0.25, -0.2) is 13.8 Å². The average molecular weight is 280 g/mol. The zero-order valence-corrected chi connectivity index (χ0v) is 11.1. The Labute approximate surface area is 111 Å². The number of halogens is 2. The number of imidazole rings is 1. The molecule has 0 aliphatic rings. The molecule has 0 unspecified atom stereocenters. The molecule has 2 aromatic heterocycles. The first kappa shape index (κ1) is 12.2. The molecule has 1 aromatic carbocycles. The maximum absolute atomic E-state index is 13.6. The fourth-order valence-corrected chi connectivity index (χ4v) is 2.65. The third-order valence-corrected chi connectivity index (χ3v) is 3.53. The van der Waals surface area contributed by atoms with Crippen LogP contribution in [0.1, 0.15) is 25.5 Å². The van der Waals surface area contributed by atoms with Gasteiger partial charge in [0.25, 0.3) is 0 Å². The van der Waals surface area contributed by atoms with Crippen LogP contribution in [-0.2, 0) is 0 Å². The van der Waals surface area contributed by atoms with Crippen LogP contribution in [-0.4, -0.2) is 19.6 Å². The van der Waals surface area contributed by atoms with E-state index in [1.54, 1.807) is 0 Å². The first-order valence-corrected chi connectivity index (χ1v) is 6.51. The van der Waals surface area contributed by atoms with E-state index >= 15 is 0 Å². The Kier molecular flexibility index (Phi) is 2.78. The number of fused-ring (bicyclic) bond motifs is 1. The smallest absolute Gasteiger partial charge is 0.153 e. The SMILES string of the molecule is CC(C)c1nnsc1-c1nc2c(F)cc(F)cc2[nH]1. The third kappa shape index (κ3) is 1.99. The van der Waals surface area contributed by atoms with Crippen molar-refractivity contribution in [3.05, 3.63) is 29.5 Å². The number of nitrogens with one attached hydrogen (secondary N) is 1. The summed E-state index contributed by atoms with van der Waals surface area (Å²) in [5.74, 6) is -0.658. The topological polar surface area (TPSA) is 54.5 Å². The van der Waals surface area contributed by atoms with Gasteiger partial charge in [-0.05, 0) is 23.5 Å². The van der Waals surface area contributed by atoms with E-state index in [2.05, 4.69) is 19.6 Å². The van der Waals surface area contributed by atoms with Crippen molar-refractivity contribution in [3.63, 3.8) is 0 Å². The van der Waals surface area contributed by atoms with Crippen LogP contribution in [0.25, 0.3) is 21.7 Å². The predicted molar refractivity (Wildman–Crippen MR) is 69.0 cm³/mol. The first-order chi connectivity index (χ1) is 9.06. The van der Waals surface area contributed by atoms with Crippen LogP contribution in [0.2, 0.25) is 0 Å². The van der Waals surface area contributed by atoms with Crippen LogP contribution in [0.5, 0.6) is 0 Å². The summed E-state index contributed by atoms with van der Waals surface area (Å²) in [5.41, 5.74) is 1.25. The molecule has 4 nitrogen and oxygen atoms in total. The van der Waals surface area contributed by atoms with Crippen molar-refractivity contribution in [2.24, 2.45) is 0 Å². The van der Waals surface area contributed by atoms with E-state index in [0.29, 0.717) is 11.3 Å². The van der Waals surface area contributed by atoms with Crippen LogP contribution in [0, 0.1) is 11.6 Å². The van der Waals surface area contributed by atoms with Gasteiger partial charge in [0.15, 0.2) is 11.6 Å². The van der Waals surface area contributed by atoms with E-state index < -0.39 is 11.6 Å². The van der Waals surface area contributed by atoms with Crippen molar-refractivity contribution in [3.8, 4) is 10.7 Å². The molecular weight excluding hydrogens is 270 g/mol. The van der Waals surface area contributed by atoms with E-state index in [4.69, 9.17) is 0 Å². The number of H-pyrrole nitrogens is 1. The fraction of sp³-hybridized carbons (Fsp3) is 0.250. The first-order valence-electron chi connectivity index (χ1n) is 5.73. The van der Waals surface area contributed by atoms with Gasteiger partial charge in [-0.1, -0.05) is 18.3 Å². The summed E-state index contributed by atoms with van der Waals surface area (Å²) < 4.78 is 30.7. The highest BCUT2D eigenvalue weighted by molar-refractivity contribution is 7.09. The lowest BCUT2D eigenvalue weighted by Gasteiger charge is -2.00. The number of benzene rings is 1. The summed E-state index contributed by atoms with van der Waals surface area (Å²) in [6.45, 7) is 3.98. The van der Waals surface area contributed by atoms with Gasteiger partial charge < -0.3 is 4.98 Å². The van der Waals surface area contributed by atoms with Crippen LogP contribution < -0.4 is 0 Å². The molecule has 0 aliphatic carbocycles. The van der Waals surface area contributed by atoms with E-state index in [0.717, 1.165) is 16.6 Å². The molecule has 19 heavy (non-hydrogen) atoms. The molecular formula is C12H10F2N4S. The maximum Gasteiger partial charge on any atom is 0.153 e. The van der Waals surface area contributed by atoms with Gasteiger partial charge in [-0.3, -0.25) is 0 Å². The minimum absolute atomic E-state index is 0.125. The lowest BCUT2D eigenvalue weighted by Crippen LogP contribution is -1.91. The lowest BCUT2D eigenvalue weighted by molar-refractivity contribution is 0.591. The molecule has 2 heterocycles. The molecule has 3 aromatic rings. The highest BCUT2D eigenvalue weighted by Gasteiger charge is 2.18. The van der Waals surface area contributed by atoms with Gasteiger partial charge in [-0.2, -0.15) is 0 Å². The van der Waals surface area contributed by atoms with Crippen molar-refractivity contribution in [2.75, 3.05) is 0 Å². The highest BCUT2D eigenvalue weighted by atomic mass is 32.1. The van der Waals surface area contributed by atoms with Gasteiger partial charge in [0.05, 0.1) is 11.2 Å². The fourth-order valence-electron chi connectivity index (χ4n) is 1.89. The summed E-state index contributed by atoms with van der Waals surface area (Å²) in [5, 5.41) is 4.04. The quantitative estimate of drug-likeness (QED) is 0.781. The molecule has 0 spiro atoms. The summed E-state index contributed by atoms with van der Waals surface area (Å²) in [6.07, 6.45) is 0. The predicted octanol–water partition coefficient (Wildman–Crippen LogP) is 3.48. The summed E-state index contributed by atoms with van der Waals surface area (Å²) >= 11 is 1.19. The van der Waals surface area contributed by atoms with Crippen LogP contribution in [0.4, 0.5) is 8.78 Å². The Hall–Kier alpha value is -1.89. The second-order valence-corrected chi connectivity index (χ2v) is 5.27. The molecule has 98 valence electrons. The molecule has 0 fully saturated rings. The standard InChI is InChI=1S/C12H10F2N4S/c1-5(2)9-11(19-18-17-9)12-15-8-4-6(13)3-7(14)10(8)16-12/h3-5H,1-2H3,(H,15,16). The molecule has 1 N–H and O–H groups in total. The van der Waals surface area contributed by atoms with E-state index in [-0.39, 0.29) is 11.4 Å². The van der Waals surface area contributed by atoms with Crippen molar-refractivity contribution < 1.29 is 8.78 Å². The monoisotopic (exact) mass is 280 g/mol. The van der Waals surface area contributed by atoms with Crippen molar-refractivity contribution >= 4 is 22.6 Å². The molecule has 7 heteroatoms. The number of hydrogen-bond acceptors (Lipinski definition) is 4. The highest BCUT2D eigenvalue weighted by Crippen LogP contribution is 2.30. The zero-order chi connectivity index (χ0) is 13.6. The van der Waals surface area contributed by atoms with E-state index in [1.807, 2.05) is 13.8 Å². The number of aromatic amines is 1. The molecule has 0 atom stereocenters. The van der Waals surface area contributed by atoms with Crippen LogP contribution in [0.3, 0.4) is 0 Å². The Morgan fingerprint density at radius 2 is 2.05 bits per heavy atom. The molecule has 0 amide bonds. The van der Waals surface area contributed by atoms with E-state index in [9.17, 15) is 8.78 Å². The lowest BCUT2D eigenvalue weighted by atomic mass is 10.1. The second-order valence-electron chi connectivity index (χ2n) is 4.51. The largest absolute Gasteiger partial charge is 0.337 e. The van der Waals surface area contributed by atoms with E-state index in [1.165, 1.54) is 17.6 Å². The van der Waals surface area contributed by atoms with Crippen LogP contribution >= 0.6 is 11.5 Å². The molecule has 0 radical (unpaired) electrons. The molecule has 0 saturated carbocycles. The summed E-state index contributed by atoms with van der Waals surface area (Å²) in [4.78, 5) is 7.84. The van der Waals surface area contributed by atoms with Gasteiger partial charge in [0.2, 0.25) is 0 Å². The summed E-state index contributed by atoms with van der Waals surface area (Å²) in [6, 6.07) is 2.04. The molecule has 0 bridgehead atoms. The Morgan fingerprint density at radius 3 is 2.79 bits per heavy atom.